The van der Waals surface area contributed by atoms with Crippen molar-refractivity contribution in [1.29, 1.82) is 0 Å². The van der Waals surface area contributed by atoms with Crippen molar-refractivity contribution >= 4 is 23.0 Å². The van der Waals surface area contributed by atoms with Crippen molar-refractivity contribution in [2.24, 2.45) is 5.84 Å². The van der Waals surface area contributed by atoms with Gasteiger partial charge in [-0.25, -0.2) is 20.8 Å². The maximum Gasteiger partial charge on any atom is 0.148 e. The number of rotatable bonds is 6. The number of aromatic nitrogens is 3. The van der Waals surface area contributed by atoms with Gasteiger partial charge in [-0.05, 0) is 13.3 Å². The van der Waals surface area contributed by atoms with Gasteiger partial charge in [0, 0.05) is 16.6 Å². The van der Waals surface area contributed by atoms with Gasteiger partial charge in [-0.2, -0.15) is 0 Å². The molecule has 2 heterocycles. The molecule has 0 unspecified atom stereocenters. The van der Waals surface area contributed by atoms with Gasteiger partial charge in [0.1, 0.15) is 18.0 Å². The predicted octanol–water partition coefficient (Wildman–Crippen LogP) is 2.09. The minimum absolute atomic E-state index is 0.680. The fourth-order valence-electron chi connectivity index (χ4n) is 1.83. The highest BCUT2D eigenvalue weighted by molar-refractivity contribution is 7.11. The number of hydrazine groups is 1. The molecule has 6 nitrogen and oxygen atoms in total. The van der Waals surface area contributed by atoms with Crippen molar-refractivity contribution < 1.29 is 0 Å². The lowest BCUT2D eigenvalue weighted by Crippen LogP contribution is -2.14. The zero-order chi connectivity index (χ0) is 13.7. The van der Waals surface area contributed by atoms with Crippen LogP contribution in [0.1, 0.15) is 28.8 Å². The van der Waals surface area contributed by atoms with Gasteiger partial charge >= 0.3 is 0 Å². The number of hydrogen-bond acceptors (Lipinski definition) is 7. The smallest absolute Gasteiger partial charge is 0.148 e. The third kappa shape index (κ3) is 3.39. The van der Waals surface area contributed by atoms with Gasteiger partial charge in [0.25, 0.3) is 0 Å². The van der Waals surface area contributed by atoms with E-state index in [1.165, 1.54) is 11.2 Å². The molecule has 0 saturated carbocycles. The van der Waals surface area contributed by atoms with Gasteiger partial charge in [0.15, 0.2) is 0 Å². The molecule has 0 radical (unpaired) electrons. The van der Waals surface area contributed by atoms with Gasteiger partial charge in [-0.1, -0.05) is 13.3 Å². The number of nitrogens with one attached hydrogen (secondary N) is 2. The number of aryl methyl sites for hydroxylation is 1. The summed E-state index contributed by atoms with van der Waals surface area (Å²) in [6.45, 7) is 4.82. The van der Waals surface area contributed by atoms with Gasteiger partial charge in [-0.15, -0.1) is 11.3 Å². The van der Waals surface area contributed by atoms with E-state index >= 15 is 0 Å². The molecule has 7 heteroatoms. The highest BCUT2D eigenvalue weighted by Gasteiger charge is 2.10. The molecule has 102 valence electrons. The van der Waals surface area contributed by atoms with Crippen LogP contribution in [-0.4, -0.2) is 15.0 Å². The summed E-state index contributed by atoms with van der Waals surface area (Å²) < 4.78 is 0. The first-order valence-corrected chi connectivity index (χ1v) is 7.02. The number of anilines is 2. The van der Waals surface area contributed by atoms with E-state index in [2.05, 4.69) is 32.6 Å². The van der Waals surface area contributed by atoms with E-state index in [4.69, 9.17) is 5.84 Å². The molecule has 2 rings (SSSR count). The lowest BCUT2D eigenvalue weighted by atomic mass is 10.1. The number of thiazole rings is 1. The number of nitrogen functional groups attached to an aromatic ring is 1. The van der Waals surface area contributed by atoms with Gasteiger partial charge in [0.05, 0.1) is 11.6 Å². The summed E-state index contributed by atoms with van der Waals surface area (Å²) in [5.74, 6) is 6.99. The molecule has 2 aromatic rings. The van der Waals surface area contributed by atoms with Crippen LogP contribution in [0.2, 0.25) is 0 Å². The summed E-state index contributed by atoms with van der Waals surface area (Å²) in [5.41, 5.74) is 3.64. The van der Waals surface area contributed by atoms with Crippen LogP contribution in [0.4, 0.5) is 11.6 Å². The van der Waals surface area contributed by atoms with Crippen molar-refractivity contribution in [1.82, 2.24) is 15.0 Å². The first-order chi connectivity index (χ1) is 9.24. The molecular weight excluding hydrogens is 260 g/mol. The van der Waals surface area contributed by atoms with E-state index in [0.29, 0.717) is 12.4 Å². The zero-order valence-electron chi connectivity index (χ0n) is 11.1. The van der Waals surface area contributed by atoms with E-state index in [9.17, 15) is 0 Å². The largest absolute Gasteiger partial charge is 0.365 e. The number of nitrogens with two attached hydrogens (primary N) is 1. The van der Waals surface area contributed by atoms with Crippen molar-refractivity contribution in [3.05, 3.63) is 28.0 Å². The quantitative estimate of drug-likeness (QED) is 0.554. The van der Waals surface area contributed by atoms with Crippen molar-refractivity contribution in [3.8, 4) is 0 Å². The SMILES string of the molecule is CCCc1c(NN)ncnc1NCc1cnc(C)s1. The lowest BCUT2D eigenvalue weighted by Gasteiger charge is -2.12. The summed E-state index contributed by atoms with van der Waals surface area (Å²) in [5, 5.41) is 4.39. The first-order valence-electron chi connectivity index (χ1n) is 6.20. The third-order valence-corrected chi connectivity index (χ3v) is 3.59. The summed E-state index contributed by atoms with van der Waals surface area (Å²) in [4.78, 5) is 13.8. The molecule has 0 aliphatic heterocycles. The molecule has 0 amide bonds. The van der Waals surface area contributed by atoms with Crippen LogP contribution in [0.15, 0.2) is 12.5 Å². The molecule has 0 saturated heterocycles. The normalized spacial score (nSPS) is 10.5. The van der Waals surface area contributed by atoms with Crippen LogP contribution in [0.5, 0.6) is 0 Å². The maximum atomic E-state index is 5.48. The second-order valence-corrected chi connectivity index (χ2v) is 5.46. The average Bonchev–Trinajstić information content (AvgIpc) is 2.83. The summed E-state index contributed by atoms with van der Waals surface area (Å²) >= 11 is 1.68. The molecular formula is C12H18N6S. The fourth-order valence-corrected chi connectivity index (χ4v) is 2.57. The van der Waals surface area contributed by atoms with E-state index in [1.54, 1.807) is 11.3 Å². The van der Waals surface area contributed by atoms with Gasteiger partial charge in [-0.3, -0.25) is 0 Å². The lowest BCUT2D eigenvalue weighted by molar-refractivity contribution is 0.897. The Morgan fingerprint density at radius 1 is 1.26 bits per heavy atom. The summed E-state index contributed by atoms with van der Waals surface area (Å²) in [7, 11) is 0. The van der Waals surface area contributed by atoms with E-state index < -0.39 is 0 Å². The van der Waals surface area contributed by atoms with Gasteiger partial charge in [0.2, 0.25) is 0 Å². The van der Waals surface area contributed by atoms with E-state index in [1.807, 2.05) is 13.1 Å². The van der Waals surface area contributed by atoms with Crippen molar-refractivity contribution in [3.63, 3.8) is 0 Å². The van der Waals surface area contributed by atoms with Gasteiger partial charge < -0.3 is 10.7 Å². The Labute approximate surface area is 116 Å². The van der Waals surface area contributed by atoms with Crippen molar-refractivity contribution in [2.45, 2.75) is 33.2 Å². The topological polar surface area (TPSA) is 88.8 Å². The first kappa shape index (κ1) is 13.7. The highest BCUT2D eigenvalue weighted by Crippen LogP contribution is 2.22. The molecule has 4 N–H and O–H groups in total. The molecule has 0 atom stereocenters. The summed E-state index contributed by atoms with van der Waals surface area (Å²) in [6, 6.07) is 0. The Kier molecular flexibility index (Phi) is 4.64. The third-order valence-electron chi connectivity index (χ3n) is 2.68. The molecule has 0 aliphatic rings. The van der Waals surface area contributed by atoms with E-state index in [-0.39, 0.29) is 0 Å². The Morgan fingerprint density at radius 2 is 2.05 bits per heavy atom. The minimum Gasteiger partial charge on any atom is -0.365 e. The average molecular weight is 278 g/mol. The van der Waals surface area contributed by atoms with Crippen LogP contribution in [-0.2, 0) is 13.0 Å². The van der Waals surface area contributed by atoms with Crippen LogP contribution in [0.3, 0.4) is 0 Å². The number of nitrogens with zero attached hydrogens (tertiary/aromatic N) is 3. The molecule has 0 aliphatic carbocycles. The Hall–Kier alpha value is -1.73. The fraction of sp³-hybridized carbons (Fsp3) is 0.417. The molecule has 19 heavy (non-hydrogen) atoms. The predicted molar refractivity (Wildman–Crippen MR) is 78.0 cm³/mol. The molecule has 0 spiro atoms. The zero-order valence-corrected chi connectivity index (χ0v) is 11.9. The van der Waals surface area contributed by atoms with Crippen LogP contribution in [0.25, 0.3) is 0 Å². The highest BCUT2D eigenvalue weighted by atomic mass is 32.1. The Bertz CT molecular complexity index is 539. The summed E-state index contributed by atoms with van der Waals surface area (Å²) in [6.07, 6.45) is 5.28. The number of hydrogen-bond donors (Lipinski definition) is 3. The van der Waals surface area contributed by atoms with Crippen LogP contribution >= 0.6 is 11.3 Å². The Morgan fingerprint density at radius 3 is 2.68 bits per heavy atom. The maximum absolute atomic E-state index is 5.48. The molecule has 0 aromatic carbocycles. The monoisotopic (exact) mass is 278 g/mol. The van der Waals surface area contributed by atoms with E-state index in [0.717, 1.165) is 29.2 Å². The molecule has 0 bridgehead atoms. The minimum atomic E-state index is 0.680. The van der Waals surface area contributed by atoms with Crippen LogP contribution < -0.4 is 16.6 Å². The van der Waals surface area contributed by atoms with Crippen molar-refractivity contribution in [2.75, 3.05) is 10.7 Å². The Balaban J connectivity index is 2.14. The second kappa shape index (κ2) is 6.44. The second-order valence-electron chi connectivity index (χ2n) is 4.14. The molecule has 0 fully saturated rings. The standard InChI is InChI=1S/C12H18N6S/c1-3-4-10-11(16-7-17-12(10)18-13)15-6-9-5-14-8(2)19-9/h5,7H,3-4,6,13H2,1-2H3,(H2,15,16,17,18). The van der Waals surface area contributed by atoms with Crippen LogP contribution in [0, 0.1) is 6.92 Å². The molecule has 2 aromatic heterocycles.